The fraction of sp³-hybridized carbons (Fsp3) is 0.615. The second-order valence-electron chi connectivity index (χ2n) is 4.69. The highest BCUT2D eigenvalue weighted by Crippen LogP contribution is 2.14. The number of nitrogens with one attached hydrogen (secondary N) is 1. The fourth-order valence-electron chi connectivity index (χ4n) is 1.71. The van der Waals surface area contributed by atoms with E-state index in [1.165, 1.54) is 16.2 Å². The van der Waals surface area contributed by atoms with Gasteiger partial charge >= 0.3 is 12.0 Å². The number of aliphatic carboxylic acids is 1. The smallest absolute Gasteiger partial charge is 0.326 e. The second kappa shape index (κ2) is 8.58. The van der Waals surface area contributed by atoms with Crippen molar-refractivity contribution in [3.63, 3.8) is 0 Å². The molecule has 8 heteroatoms. The Morgan fingerprint density at radius 3 is 2.81 bits per heavy atom. The molecule has 1 aromatic rings. The van der Waals surface area contributed by atoms with Gasteiger partial charge in [0.25, 0.3) is 0 Å². The van der Waals surface area contributed by atoms with Crippen molar-refractivity contribution in [3.8, 4) is 0 Å². The average Bonchev–Trinajstić information content (AvgIpc) is 2.83. The predicted octanol–water partition coefficient (Wildman–Crippen LogP) is 1.47. The van der Waals surface area contributed by atoms with Crippen LogP contribution in [0, 0.1) is 6.92 Å². The number of rotatable bonds is 8. The summed E-state index contributed by atoms with van der Waals surface area (Å²) in [5.41, 5.74) is 2.61. The third-order valence-corrected chi connectivity index (χ3v) is 3.93. The Balaban J connectivity index is 2.52. The number of carboxylic acid groups (broad SMARTS) is 1. The number of carboxylic acids is 1. The van der Waals surface area contributed by atoms with Gasteiger partial charge in [-0.1, -0.05) is 0 Å². The van der Waals surface area contributed by atoms with E-state index in [2.05, 4.69) is 10.3 Å². The molecule has 0 bridgehead atoms. The van der Waals surface area contributed by atoms with Crippen molar-refractivity contribution in [2.75, 3.05) is 20.8 Å². The van der Waals surface area contributed by atoms with E-state index in [1.807, 2.05) is 6.92 Å². The number of urea groups is 1. The van der Waals surface area contributed by atoms with Crippen LogP contribution >= 0.6 is 11.3 Å². The Kier molecular flexibility index (Phi) is 7.10. The molecular formula is C13H21N3O4S. The minimum absolute atomic E-state index is 0.336. The molecule has 0 aliphatic carbocycles. The van der Waals surface area contributed by atoms with Crippen molar-refractivity contribution in [1.82, 2.24) is 15.2 Å². The number of hydrogen-bond donors (Lipinski definition) is 2. The van der Waals surface area contributed by atoms with Gasteiger partial charge in [-0.2, -0.15) is 0 Å². The Hall–Kier alpha value is -1.67. The Labute approximate surface area is 127 Å². The summed E-state index contributed by atoms with van der Waals surface area (Å²) in [6.07, 6.45) is 0.910. The highest BCUT2D eigenvalue weighted by Gasteiger charge is 2.21. The summed E-state index contributed by atoms with van der Waals surface area (Å²) in [5.74, 6) is -1.04. The number of carbonyl (C=O) groups is 2. The van der Waals surface area contributed by atoms with Crippen LogP contribution in [0.3, 0.4) is 0 Å². The molecule has 1 unspecified atom stereocenters. The zero-order valence-corrected chi connectivity index (χ0v) is 13.3. The number of carbonyl (C=O) groups excluding carboxylic acids is 1. The van der Waals surface area contributed by atoms with Crippen molar-refractivity contribution < 1.29 is 19.4 Å². The summed E-state index contributed by atoms with van der Waals surface area (Å²) in [6.45, 7) is 2.75. The van der Waals surface area contributed by atoms with Crippen LogP contribution in [0.4, 0.5) is 4.79 Å². The molecule has 1 atom stereocenters. The first kappa shape index (κ1) is 17.4. The first-order valence-electron chi connectivity index (χ1n) is 6.58. The van der Waals surface area contributed by atoms with E-state index in [0.29, 0.717) is 26.0 Å². The Morgan fingerprint density at radius 2 is 2.29 bits per heavy atom. The van der Waals surface area contributed by atoms with Gasteiger partial charge in [-0.05, 0) is 19.8 Å². The van der Waals surface area contributed by atoms with Gasteiger partial charge in [0.05, 0.1) is 17.7 Å². The molecule has 0 fully saturated rings. The van der Waals surface area contributed by atoms with Gasteiger partial charge in [-0.25, -0.2) is 14.6 Å². The van der Waals surface area contributed by atoms with E-state index < -0.39 is 18.0 Å². The summed E-state index contributed by atoms with van der Waals surface area (Å²) in [4.78, 5) is 29.7. The molecule has 118 valence electrons. The van der Waals surface area contributed by atoms with Crippen LogP contribution in [-0.4, -0.2) is 53.8 Å². The van der Waals surface area contributed by atoms with Crippen LogP contribution in [-0.2, 0) is 16.1 Å². The van der Waals surface area contributed by atoms with Crippen molar-refractivity contribution in [1.29, 1.82) is 0 Å². The van der Waals surface area contributed by atoms with Crippen molar-refractivity contribution in [3.05, 3.63) is 16.1 Å². The third kappa shape index (κ3) is 5.68. The lowest BCUT2D eigenvalue weighted by Gasteiger charge is -2.21. The monoisotopic (exact) mass is 315 g/mol. The molecule has 2 amide bonds. The molecule has 0 aliphatic rings. The van der Waals surface area contributed by atoms with Gasteiger partial charge in [0.15, 0.2) is 0 Å². The largest absolute Gasteiger partial charge is 0.480 e. The van der Waals surface area contributed by atoms with E-state index in [-0.39, 0.29) is 0 Å². The zero-order valence-electron chi connectivity index (χ0n) is 12.5. The van der Waals surface area contributed by atoms with Gasteiger partial charge in [0.2, 0.25) is 0 Å². The molecule has 2 N–H and O–H groups in total. The van der Waals surface area contributed by atoms with Gasteiger partial charge in [0, 0.05) is 25.6 Å². The number of thiazole rings is 1. The molecule has 0 aromatic carbocycles. The summed E-state index contributed by atoms with van der Waals surface area (Å²) in [5, 5.41) is 11.6. The number of amides is 2. The SMILES string of the molecule is COCCCC(NC(=O)N(C)Cc1scnc1C)C(=O)O. The number of methoxy groups -OCH3 is 1. The van der Waals surface area contributed by atoms with Crippen LogP contribution < -0.4 is 5.32 Å². The number of ether oxygens (including phenoxy) is 1. The summed E-state index contributed by atoms with van der Waals surface area (Å²) in [7, 11) is 3.18. The van der Waals surface area contributed by atoms with Gasteiger partial charge in [-0.15, -0.1) is 11.3 Å². The van der Waals surface area contributed by atoms with E-state index in [0.717, 1.165) is 10.6 Å². The zero-order chi connectivity index (χ0) is 15.8. The lowest BCUT2D eigenvalue weighted by molar-refractivity contribution is -0.139. The quantitative estimate of drug-likeness (QED) is 0.709. The first-order chi connectivity index (χ1) is 9.95. The summed E-state index contributed by atoms with van der Waals surface area (Å²) < 4.78 is 4.89. The van der Waals surface area contributed by atoms with Crippen LogP contribution in [0.1, 0.15) is 23.4 Å². The van der Waals surface area contributed by atoms with Crippen LogP contribution in [0.15, 0.2) is 5.51 Å². The number of aryl methyl sites for hydroxylation is 1. The van der Waals surface area contributed by atoms with Gasteiger partial charge in [0.1, 0.15) is 6.04 Å². The third-order valence-electron chi connectivity index (χ3n) is 3.01. The van der Waals surface area contributed by atoms with Crippen LogP contribution in [0.25, 0.3) is 0 Å². The van der Waals surface area contributed by atoms with Crippen molar-refractivity contribution in [2.24, 2.45) is 0 Å². The molecular weight excluding hydrogens is 294 g/mol. The number of hydrogen-bond acceptors (Lipinski definition) is 5. The second-order valence-corrected chi connectivity index (χ2v) is 5.63. The Bertz CT molecular complexity index is 478. The van der Waals surface area contributed by atoms with Crippen molar-refractivity contribution in [2.45, 2.75) is 32.4 Å². The van der Waals surface area contributed by atoms with E-state index in [9.17, 15) is 9.59 Å². The number of aromatic nitrogens is 1. The molecule has 0 saturated heterocycles. The minimum atomic E-state index is -1.04. The van der Waals surface area contributed by atoms with Gasteiger partial charge < -0.3 is 20.1 Å². The molecule has 0 saturated carbocycles. The summed E-state index contributed by atoms with van der Waals surface area (Å²) >= 11 is 1.47. The normalized spacial score (nSPS) is 12.0. The maximum absolute atomic E-state index is 12.0. The van der Waals surface area contributed by atoms with Crippen LogP contribution in [0.5, 0.6) is 0 Å². The predicted molar refractivity (Wildman–Crippen MR) is 79.4 cm³/mol. The fourth-order valence-corrected chi connectivity index (χ4v) is 2.54. The molecule has 0 spiro atoms. The van der Waals surface area contributed by atoms with E-state index in [1.54, 1.807) is 19.7 Å². The molecule has 1 rings (SSSR count). The highest BCUT2D eigenvalue weighted by molar-refractivity contribution is 7.09. The Morgan fingerprint density at radius 1 is 1.57 bits per heavy atom. The van der Waals surface area contributed by atoms with E-state index >= 15 is 0 Å². The first-order valence-corrected chi connectivity index (χ1v) is 7.46. The molecule has 21 heavy (non-hydrogen) atoms. The topological polar surface area (TPSA) is 91.8 Å². The standard InChI is InChI=1S/C13H21N3O4S/c1-9-11(21-8-14-9)7-16(2)13(19)15-10(12(17)18)5-4-6-20-3/h8,10H,4-7H2,1-3H3,(H,15,19)(H,17,18). The lowest BCUT2D eigenvalue weighted by Crippen LogP contribution is -2.46. The van der Waals surface area contributed by atoms with Gasteiger partial charge in [-0.3, -0.25) is 0 Å². The maximum atomic E-state index is 12.0. The maximum Gasteiger partial charge on any atom is 0.326 e. The molecule has 7 nitrogen and oxygen atoms in total. The van der Waals surface area contributed by atoms with E-state index in [4.69, 9.17) is 9.84 Å². The van der Waals surface area contributed by atoms with Crippen LogP contribution in [0.2, 0.25) is 0 Å². The lowest BCUT2D eigenvalue weighted by atomic mass is 10.1. The minimum Gasteiger partial charge on any atom is -0.480 e. The molecule has 0 aliphatic heterocycles. The highest BCUT2D eigenvalue weighted by atomic mass is 32.1. The average molecular weight is 315 g/mol. The molecule has 0 radical (unpaired) electrons. The molecule has 1 heterocycles. The van der Waals surface area contributed by atoms with Crippen molar-refractivity contribution >= 4 is 23.3 Å². The molecule has 1 aromatic heterocycles. The summed E-state index contributed by atoms with van der Waals surface area (Å²) in [6, 6.07) is -1.31. The number of nitrogens with zero attached hydrogens (tertiary/aromatic N) is 2.